The first kappa shape index (κ1) is 12.9. The molecular formula is C14H25NO2. The molecule has 17 heavy (non-hydrogen) atoms. The van der Waals surface area contributed by atoms with E-state index in [0.717, 1.165) is 57.2 Å². The van der Waals surface area contributed by atoms with Crippen molar-refractivity contribution in [2.45, 2.75) is 46.0 Å². The Morgan fingerprint density at radius 1 is 1.41 bits per heavy atom. The van der Waals surface area contributed by atoms with Crippen molar-refractivity contribution in [1.29, 1.82) is 0 Å². The third-order valence-corrected chi connectivity index (χ3v) is 4.79. The molecule has 1 unspecified atom stereocenters. The van der Waals surface area contributed by atoms with Gasteiger partial charge in [-0.05, 0) is 37.6 Å². The molecule has 0 aromatic carbocycles. The second kappa shape index (κ2) is 4.97. The van der Waals surface area contributed by atoms with Crippen LogP contribution in [0.5, 0.6) is 0 Å². The van der Waals surface area contributed by atoms with Crippen LogP contribution in [0, 0.1) is 17.3 Å². The van der Waals surface area contributed by atoms with Gasteiger partial charge in [-0.2, -0.15) is 0 Å². The van der Waals surface area contributed by atoms with E-state index in [0.29, 0.717) is 0 Å². The van der Waals surface area contributed by atoms with E-state index in [9.17, 15) is 9.90 Å². The Morgan fingerprint density at radius 2 is 2.06 bits per heavy atom. The normalized spacial score (nSPS) is 29.0. The number of nitrogens with zero attached hydrogens (tertiary/aromatic N) is 1. The second-order valence-corrected chi connectivity index (χ2v) is 6.32. The average molecular weight is 239 g/mol. The Kier molecular flexibility index (Phi) is 3.76. The predicted octanol–water partition coefficient (Wildman–Crippen LogP) is 2.61. The summed E-state index contributed by atoms with van der Waals surface area (Å²) in [7, 11) is 0. The van der Waals surface area contributed by atoms with Gasteiger partial charge in [0.1, 0.15) is 0 Å². The number of hydrogen-bond donors (Lipinski definition) is 1. The molecule has 98 valence electrons. The number of carboxylic acids is 1. The zero-order chi connectivity index (χ0) is 12.5. The van der Waals surface area contributed by atoms with E-state index in [1.54, 1.807) is 0 Å². The van der Waals surface area contributed by atoms with E-state index in [1.165, 1.54) is 6.42 Å². The van der Waals surface area contributed by atoms with Gasteiger partial charge in [-0.25, -0.2) is 0 Å². The minimum atomic E-state index is -0.567. The molecule has 0 aromatic heterocycles. The molecule has 2 rings (SSSR count). The summed E-state index contributed by atoms with van der Waals surface area (Å²) in [5.74, 6) is 0.926. The zero-order valence-corrected chi connectivity index (χ0v) is 11.1. The van der Waals surface area contributed by atoms with Crippen molar-refractivity contribution < 1.29 is 9.90 Å². The minimum Gasteiger partial charge on any atom is -0.481 e. The van der Waals surface area contributed by atoms with Crippen LogP contribution in [0.15, 0.2) is 0 Å². The van der Waals surface area contributed by atoms with Gasteiger partial charge in [-0.3, -0.25) is 4.79 Å². The Bertz CT molecular complexity index is 282. The van der Waals surface area contributed by atoms with Crippen LogP contribution in [0.2, 0.25) is 0 Å². The second-order valence-electron chi connectivity index (χ2n) is 6.32. The fraction of sp³-hybridized carbons (Fsp3) is 0.929. The first-order chi connectivity index (χ1) is 8.03. The Labute approximate surface area is 104 Å². The number of rotatable bonds is 4. The molecule has 0 radical (unpaired) electrons. The molecule has 0 amide bonds. The van der Waals surface area contributed by atoms with Gasteiger partial charge in [0.2, 0.25) is 0 Å². The largest absolute Gasteiger partial charge is 0.481 e. The van der Waals surface area contributed by atoms with Gasteiger partial charge in [0, 0.05) is 13.1 Å². The number of carboxylic acid groups (broad SMARTS) is 1. The smallest absolute Gasteiger partial charge is 0.310 e. The molecule has 0 aromatic rings. The molecule has 3 heteroatoms. The van der Waals surface area contributed by atoms with Gasteiger partial charge >= 0.3 is 5.97 Å². The summed E-state index contributed by atoms with van der Waals surface area (Å²) >= 11 is 0. The highest BCUT2D eigenvalue weighted by molar-refractivity contribution is 5.75. The molecular weight excluding hydrogens is 214 g/mol. The molecule has 1 saturated carbocycles. The third kappa shape index (κ3) is 2.65. The number of aliphatic carboxylic acids is 1. The Balaban J connectivity index is 1.94. The highest BCUT2D eigenvalue weighted by Crippen LogP contribution is 2.40. The summed E-state index contributed by atoms with van der Waals surface area (Å²) in [4.78, 5) is 13.9. The van der Waals surface area contributed by atoms with Crippen molar-refractivity contribution in [3.8, 4) is 0 Å². The van der Waals surface area contributed by atoms with Crippen LogP contribution in [0.1, 0.15) is 46.0 Å². The standard InChI is InChI=1S/C14H25NO2/c1-11(2)12-5-8-15(9-12)10-14(13(16)17)6-3-4-7-14/h11-12H,3-10H2,1-2H3,(H,16,17). The number of carbonyl (C=O) groups is 1. The van der Waals surface area contributed by atoms with Crippen molar-refractivity contribution in [3.05, 3.63) is 0 Å². The quantitative estimate of drug-likeness (QED) is 0.820. The summed E-state index contributed by atoms with van der Waals surface area (Å²) in [5.41, 5.74) is -0.425. The van der Waals surface area contributed by atoms with Gasteiger partial charge in [0.05, 0.1) is 5.41 Å². The van der Waals surface area contributed by atoms with E-state index >= 15 is 0 Å². The van der Waals surface area contributed by atoms with Crippen LogP contribution in [-0.2, 0) is 4.79 Å². The van der Waals surface area contributed by atoms with E-state index in [4.69, 9.17) is 0 Å². The van der Waals surface area contributed by atoms with E-state index in [1.807, 2.05) is 0 Å². The van der Waals surface area contributed by atoms with Gasteiger partial charge in [0.25, 0.3) is 0 Å². The van der Waals surface area contributed by atoms with Crippen LogP contribution in [-0.4, -0.2) is 35.6 Å². The lowest BCUT2D eigenvalue weighted by Crippen LogP contribution is -2.40. The summed E-state index contributed by atoms with van der Waals surface area (Å²) in [6, 6.07) is 0. The molecule has 1 saturated heterocycles. The van der Waals surface area contributed by atoms with E-state index in [-0.39, 0.29) is 0 Å². The average Bonchev–Trinajstić information content (AvgIpc) is 2.88. The topological polar surface area (TPSA) is 40.5 Å². The molecule has 3 nitrogen and oxygen atoms in total. The molecule has 1 aliphatic carbocycles. The molecule has 1 atom stereocenters. The van der Waals surface area contributed by atoms with E-state index < -0.39 is 11.4 Å². The maximum atomic E-state index is 11.5. The van der Waals surface area contributed by atoms with Gasteiger partial charge in [-0.15, -0.1) is 0 Å². The fourth-order valence-electron chi connectivity index (χ4n) is 3.47. The maximum absolute atomic E-state index is 11.5. The first-order valence-corrected chi connectivity index (χ1v) is 6.99. The molecule has 0 bridgehead atoms. The molecule has 0 spiro atoms. The fourth-order valence-corrected chi connectivity index (χ4v) is 3.47. The lowest BCUT2D eigenvalue weighted by Gasteiger charge is -2.29. The molecule has 2 fully saturated rings. The summed E-state index contributed by atoms with van der Waals surface area (Å²) < 4.78 is 0. The van der Waals surface area contributed by atoms with Crippen molar-refractivity contribution in [2.24, 2.45) is 17.3 Å². The number of likely N-dealkylation sites (tertiary alicyclic amines) is 1. The highest BCUT2D eigenvalue weighted by atomic mass is 16.4. The summed E-state index contributed by atoms with van der Waals surface area (Å²) in [5, 5.41) is 9.47. The highest BCUT2D eigenvalue weighted by Gasteiger charge is 2.43. The van der Waals surface area contributed by atoms with Gasteiger partial charge < -0.3 is 10.0 Å². The Morgan fingerprint density at radius 3 is 2.53 bits per heavy atom. The van der Waals surface area contributed by atoms with E-state index in [2.05, 4.69) is 18.7 Å². The predicted molar refractivity (Wildman–Crippen MR) is 67.9 cm³/mol. The van der Waals surface area contributed by atoms with Crippen LogP contribution >= 0.6 is 0 Å². The zero-order valence-electron chi connectivity index (χ0n) is 11.1. The van der Waals surface area contributed by atoms with Crippen LogP contribution in [0.4, 0.5) is 0 Å². The lowest BCUT2D eigenvalue weighted by atomic mass is 9.85. The van der Waals surface area contributed by atoms with Gasteiger partial charge in [0.15, 0.2) is 0 Å². The van der Waals surface area contributed by atoms with Gasteiger partial charge in [-0.1, -0.05) is 26.7 Å². The SMILES string of the molecule is CC(C)C1CCN(CC2(C(=O)O)CCCC2)C1. The summed E-state index contributed by atoms with van der Waals surface area (Å²) in [6.07, 6.45) is 5.19. The van der Waals surface area contributed by atoms with Crippen molar-refractivity contribution in [2.75, 3.05) is 19.6 Å². The third-order valence-electron chi connectivity index (χ3n) is 4.79. The van der Waals surface area contributed by atoms with Crippen molar-refractivity contribution >= 4 is 5.97 Å². The van der Waals surface area contributed by atoms with Crippen LogP contribution in [0.3, 0.4) is 0 Å². The lowest BCUT2D eigenvalue weighted by molar-refractivity contribution is -0.149. The summed E-state index contributed by atoms with van der Waals surface area (Å²) in [6.45, 7) is 7.53. The first-order valence-electron chi connectivity index (χ1n) is 6.99. The van der Waals surface area contributed by atoms with Crippen molar-refractivity contribution in [3.63, 3.8) is 0 Å². The van der Waals surface area contributed by atoms with Crippen LogP contribution < -0.4 is 0 Å². The molecule has 1 aliphatic heterocycles. The molecule has 1 heterocycles. The Hall–Kier alpha value is -0.570. The molecule has 2 aliphatic rings. The monoisotopic (exact) mass is 239 g/mol. The van der Waals surface area contributed by atoms with Crippen molar-refractivity contribution in [1.82, 2.24) is 4.90 Å². The maximum Gasteiger partial charge on any atom is 0.310 e. The molecule has 1 N–H and O–H groups in total. The number of hydrogen-bond acceptors (Lipinski definition) is 2. The minimum absolute atomic E-state index is 0.425. The van der Waals surface area contributed by atoms with Crippen LogP contribution in [0.25, 0.3) is 0 Å².